The molecule has 48 heavy (non-hydrogen) atoms. The quantitative estimate of drug-likeness (QED) is 0.217. The highest BCUT2D eigenvalue weighted by Crippen LogP contribution is 2.43. The lowest BCUT2D eigenvalue weighted by molar-refractivity contribution is -0.893. The zero-order valence-electron chi connectivity index (χ0n) is 27.0. The van der Waals surface area contributed by atoms with Gasteiger partial charge in [-0.2, -0.15) is 18.4 Å². The second-order valence-corrected chi connectivity index (χ2v) is 12.2. The first-order valence-corrected chi connectivity index (χ1v) is 15.2. The van der Waals surface area contributed by atoms with Gasteiger partial charge in [-0.1, -0.05) is 12.1 Å². The molecule has 0 bridgehead atoms. The molecule has 1 fully saturated rings. The van der Waals surface area contributed by atoms with Crippen LogP contribution in [0.2, 0.25) is 0 Å². The number of hydrogen-bond acceptors (Lipinski definition) is 9. The van der Waals surface area contributed by atoms with Gasteiger partial charge in [-0.3, -0.25) is 4.90 Å². The molecule has 0 aliphatic carbocycles. The van der Waals surface area contributed by atoms with Crippen molar-refractivity contribution in [3.05, 3.63) is 86.5 Å². The van der Waals surface area contributed by atoms with Crippen LogP contribution in [0.5, 0.6) is 0 Å². The second kappa shape index (κ2) is 14.9. The smallest absolute Gasteiger partial charge is 0.416 e. The highest BCUT2D eigenvalue weighted by molar-refractivity contribution is 5.93. The van der Waals surface area contributed by atoms with Crippen LogP contribution in [0.1, 0.15) is 48.1 Å². The summed E-state index contributed by atoms with van der Waals surface area (Å²) < 4.78 is 53.6. The second-order valence-electron chi connectivity index (χ2n) is 12.2. The Bertz CT molecular complexity index is 1770. The summed E-state index contributed by atoms with van der Waals surface area (Å²) in [5, 5.41) is 24.6. The molecule has 5 rings (SSSR count). The summed E-state index contributed by atoms with van der Waals surface area (Å²) in [5.41, 5.74) is 0.601. The third-order valence-corrected chi connectivity index (χ3v) is 8.63. The Hall–Kier alpha value is -4.94. The normalized spacial score (nSPS) is 16.8. The molecule has 1 atom stereocenters. The molecule has 3 aromatic rings. The van der Waals surface area contributed by atoms with Gasteiger partial charge in [0.1, 0.15) is 6.04 Å². The largest absolute Gasteiger partial charge is 0.554 e. The molecule has 0 amide bonds. The molecule has 0 unspecified atom stereocenters. The Balaban J connectivity index is 0.00000167. The van der Waals surface area contributed by atoms with Crippen molar-refractivity contribution in [1.29, 1.82) is 5.26 Å². The number of esters is 1. The van der Waals surface area contributed by atoms with E-state index in [1.165, 1.54) is 28.7 Å². The number of hydrogen-bond donors (Lipinski definition) is 1. The van der Waals surface area contributed by atoms with E-state index in [1.54, 1.807) is 25.1 Å². The lowest BCUT2D eigenvalue weighted by Gasteiger charge is -2.37. The first-order chi connectivity index (χ1) is 22.8. The van der Waals surface area contributed by atoms with Gasteiger partial charge in [0.05, 0.1) is 57.1 Å². The number of methoxy groups -OCH3 is 1. The molecule has 256 valence electrons. The topological polar surface area (TPSA) is 153 Å². The number of nitrogens with zero attached hydrogens (tertiary/aromatic N) is 5. The van der Waals surface area contributed by atoms with E-state index in [9.17, 15) is 28.0 Å². The number of alkyl halides is 3. The van der Waals surface area contributed by atoms with Crippen molar-refractivity contribution >= 4 is 24.1 Å². The molecule has 1 N–H and O–H groups in total. The summed E-state index contributed by atoms with van der Waals surface area (Å²) in [4.78, 5) is 36.5. The highest BCUT2D eigenvalue weighted by Gasteiger charge is 2.41. The molecule has 0 spiro atoms. The van der Waals surface area contributed by atoms with E-state index in [0.29, 0.717) is 34.5 Å². The maximum Gasteiger partial charge on any atom is 0.416 e. The molecule has 12 nitrogen and oxygen atoms in total. The fourth-order valence-corrected chi connectivity index (χ4v) is 6.38. The molecular weight excluding hydrogens is 633 g/mol. The predicted octanol–water partition coefficient (Wildman–Crippen LogP) is 3.06. The van der Waals surface area contributed by atoms with Gasteiger partial charge in [0.25, 0.3) is 0 Å². The van der Waals surface area contributed by atoms with Gasteiger partial charge >= 0.3 is 17.8 Å². The number of nitrogens with one attached hydrogen (secondary N) is 1. The number of carbonyl (C=O) groups is 2. The minimum Gasteiger partial charge on any atom is -0.554 e. The number of ether oxygens (including phenoxy) is 2. The number of carboxylic acid groups (broad SMARTS) is 1. The van der Waals surface area contributed by atoms with Gasteiger partial charge in [-0.05, 0) is 61.2 Å². The summed E-state index contributed by atoms with van der Waals surface area (Å²) in [6.45, 7) is 4.25. The van der Waals surface area contributed by atoms with Crippen molar-refractivity contribution in [2.75, 3.05) is 52.4 Å². The third-order valence-electron chi connectivity index (χ3n) is 8.63. The molecule has 15 heteroatoms. The SMILES string of the molecule is COC(=O)C1=C(C)N(c2cccc(C(F)(F)F)c2)c2n[nH]c(=O)n2[C@@H]1c1ccc(C#N)cc1CC[N+](C)(C)CC1CCOCC1.O=C[O-]. The number of carbonyl (C=O) groups excluding carboxylic acids is 2. The zero-order chi connectivity index (χ0) is 35.2. The maximum absolute atomic E-state index is 13.7. The molecule has 1 aromatic heterocycles. The summed E-state index contributed by atoms with van der Waals surface area (Å²) in [6, 6.07) is 10.8. The molecule has 3 heterocycles. The molecule has 2 aromatic carbocycles. The third kappa shape index (κ3) is 7.77. The number of rotatable bonds is 8. The Morgan fingerprint density at radius 2 is 1.92 bits per heavy atom. The van der Waals surface area contributed by atoms with E-state index in [2.05, 4.69) is 30.4 Å². The van der Waals surface area contributed by atoms with E-state index in [4.69, 9.17) is 19.4 Å². The number of aromatic nitrogens is 3. The number of fused-ring (bicyclic) bond motifs is 1. The summed E-state index contributed by atoms with van der Waals surface area (Å²) >= 11 is 0. The van der Waals surface area contributed by atoms with Crippen LogP contribution in [0.3, 0.4) is 0 Å². The van der Waals surface area contributed by atoms with Crippen LogP contribution in [0.25, 0.3) is 0 Å². The van der Waals surface area contributed by atoms with Gasteiger partial charge < -0.3 is 23.9 Å². The molecule has 0 saturated carbocycles. The number of quaternary nitrogens is 1. The molecule has 2 aliphatic heterocycles. The Morgan fingerprint density at radius 3 is 2.54 bits per heavy atom. The van der Waals surface area contributed by atoms with E-state index in [-0.39, 0.29) is 22.9 Å². The van der Waals surface area contributed by atoms with Crippen molar-refractivity contribution in [2.45, 2.75) is 38.4 Å². The van der Waals surface area contributed by atoms with Crippen molar-refractivity contribution < 1.29 is 41.8 Å². The average Bonchev–Trinajstić information content (AvgIpc) is 3.43. The van der Waals surface area contributed by atoms with Crippen LogP contribution in [-0.4, -0.2) is 79.2 Å². The zero-order valence-corrected chi connectivity index (χ0v) is 27.0. The number of allylic oxidation sites excluding steroid dienone is 1. The lowest BCUT2D eigenvalue weighted by atomic mass is 9.88. The van der Waals surface area contributed by atoms with Crippen LogP contribution in [-0.2, 0) is 31.7 Å². The molecular formula is C33H37F3N6O6. The number of likely N-dealkylation sites (N-methyl/N-ethyl adjacent to an activating group) is 1. The van der Waals surface area contributed by atoms with Crippen LogP contribution in [0.4, 0.5) is 24.8 Å². The Labute approximate surface area is 275 Å². The molecule has 1 saturated heterocycles. The number of anilines is 2. The van der Waals surface area contributed by atoms with E-state index in [0.717, 1.165) is 50.3 Å². The van der Waals surface area contributed by atoms with Crippen LogP contribution >= 0.6 is 0 Å². The number of aromatic amines is 1. The van der Waals surface area contributed by atoms with Crippen molar-refractivity contribution in [3.63, 3.8) is 0 Å². The predicted molar refractivity (Wildman–Crippen MR) is 166 cm³/mol. The maximum atomic E-state index is 13.7. The number of halogens is 3. The summed E-state index contributed by atoms with van der Waals surface area (Å²) in [5.74, 6) is -0.206. The standard InChI is InChI=1S/C32H35F3N6O4.CH2O2/c1-20-27(29(42)44-4)28(40-30(37-38-31(40)43)39(20)25-7-5-6-24(17-25)32(33,34)35)26-9-8-22(18-36)16-23(26)10-13-41(2,3)19-21-11-14-45-15-12-21;2-1-3/h5-9,16-17,21,28H,10-15,19H2,1-4H3;1H,(H,2,3)/t28-;/m1./s1. The van der Waals surface area contributed by atoms with Gasteiger partial charge in [-0.15, -0.1) is 5.10 Å². The highest BCUT2D eigenvalue weighted by atomic mass is 19.4. The van der Waals surface area contributed by atoms with Crippen molar-refractivity contribution in [1.82, 2.24) is 14.8 Å². The molecule has 2 aliphatic rings. The van der Waals surface area contributed by atoms with Gasteiger partial charge in [0.15, 0.2) is 0 Å². The average molecular weight is 671 g/mol. The first kappa shape index (κ1) is 35.9. The number of H-pyrrole nitrogens is 1. The van der Waals surface area contributed by atoms with Crippen molar-refractivity contribution in [2.24, 2.45) is 5.92 Å². The molecule has 0 radical (unpaired) electrons. The van der Waals surface area contributed by atoms with Crippen molar-refractivity contribution in [3.8, 4) is 6.07 Å². The lowest BCUT2D eigenvalue weighted by Crippen LogP contribution is -2.46. The minimum atomic E-state index is -4.61. The van der Waals surface area contributed by atoms with Gasteiger partial charge in [-0.25, -0.2) is 19.3 Å². The Kier molecular flexibility index (Phi) is 11.1. The van der Waals surface area contributed by atoms with Crippen LogP contribution in [0, 0.1) is 17.2 Å². The fourth-order valence-electron chi connectivity index (χ4n) is 6.38. The van der Waals surface area contributed by atoms with Gasteiger partial charge in [0.2, 0.25) is 5.95 Å². The number of nitriles is 1. The van der Waals surface area contributed by atoms with E-state index < -0.39 is 35.9 Å². The summed E-state index contributed by atoms with van der Waals surface area (Å²) in [7, 11) is 5.51. The Morgan fingerprint density at radius 1 is 1.23 bits per heavy atom. The van der Waals surface area contributed by atoms with Crippen LogP contribution < -0.4 is 15.7 Å². The van der Waals surface area contributed by atoms with E-state index >= 15 is 0 Å². The number of benzene rings is 2. The van der Waals surface area contributed by atoms with Crippen LogP contribution in [0.15, 0.2) is 58.5 Å². The monoisotopic (exact) mass is 670 g/mol. The minimum absolute atomic E-state index is 0.0143. The fraction of sp³-hybridized carbons (Fsp3) is 0.424. The van der Waals surface area contributed by atoms with Gasteiger partial charge in [0, 0.05) is 43.4 Å². The first-order valence-electron chi connectivity index (χ1n) is 15.2. The van der Waals surface area contributed by atoms with E-state index in [1.807, 2.05) is 0 Å². The summed E-state index contributed by atoms with van der Waals surface area (Å²) in [6.07, 6.45) is -2.08.